The Bertz CT molecular complexity index is 1070. The average molecular weight is 425 g/mol. The van der Waals surface area contributed by atoms with Crippen molar-refractivity contribution in [3.63, 3.8) is 0 Å². The molecule has 1 heterocycles. The van der Waals surface area contributed by atoms with Gasteiger partial charge >= 0.3 is 5.97 Å². The maximum atomic E-state index is 12.4. The molecule has 0 saturated heterocycles. The number of aryl methyl sites for hydroxylation is 1. The number of nitrogens with zero attached hydrogens (tertiary/aromatic N) is 2. The van der Waals surface area contributed by atoms with E-state index in [2.05, 4.69) is 5.10 Å². The van der Waals surface area contributed by atoms with E-state index in [0.717, 1.165) is 5.69 Å². The van der Waals surface area contributed by atoms with Crippen LogP contribution in [0.5, 0.6) is 5.75 Å². The van der Waals surface area contributed by atoms with Gasteiger partial charge in [0.05, 0.1) is 18.5 Å². The van der Waals surface area contributed by atoms with Crippen LogP contribution in [0.3, 0.4) is 0 Å². The number of ether oxygens (including phenoxy) is 2. The van der Waals surface area contributed by atoms with Gasteiger partial charge in [0.2, 0.25) is 5.78 Å². The van der Waals surface area contributed by atoms with Crippen LogP contribution in [0.4, 0.5) is 0 Å². The Labute approximate surface area is 179 Å². The van der Waals surface area contributed by atoms with Crippen molar-refractivity contribution in [3.05, 3.63) is 82.6 Å². The van der Waals surface area contributed by atoms with Crippen molar-refractivity contribution >= 4 is 29.4 Å². The molecule has 2 aromatic carbocycles. The van der Waals surface area contributed by atoms with E-state index in [9.17, 15) is 9.59 Å². The number of esters is 1. The summed E-state index contributed by atoms with van der Waals surface area (Å²) >= 11 is 6.44. The van der Waals surface area contributed by atoms with Crippen molar-refractivity contribution in [1.82, 2.24) is 9.78 Å². The average Bonchev–Trinajstić information content (AvgIpc) is 3.05. The second-order valence-corrected chi connectivity index (χ2v) is 6.90. The second kappa shape index (κ2) is 9.41. The van der Waals surface area contributed by atoms with Crippen molar-refractivity contribution in [2.75, 3.05) is 7.11 Å². The van der Waals surface area contributed by atoms with Crippen LogP contribution in [-0.4, -0.2) is 34.7 Å². The van der Waals surface area contributed by atoms with Crippen LogP contribution in [0.25, 0.3) is 11.8 Å². The third-order valence-electron chi connectivity index (χ3n) is 4.47. The molecule has 1 unspecified atom stereocenters. The molecule has 154 valence electrons. The molecule has 0 spiro atoms. The first-order chi connectivity index (χ1) is 14.4. The summed E-state index contributed by atoms with van der Waals surface area (Å²) in [6.45, 7) is 3.33. The third kappa shape index (κ3) is 4.78. The minimum atomic E-state index is -0.931. The van der Waals surface area contributed by atoms with Gasteiger partial charge in [0, 0.05) is 17.2 Å². The summed E-state index contributed by atoms with van der Waals surface area (Å²) in [5.41, 5.74) is 2.51. The molecule has 0 bridgehead atoms. The highest BCUT2D eigenvalue weighted by molar-refractivity contribution is 6.31. The third-order valence-corrected chi connectivity index (χ3v) is 4.84. The van der Waals surface area contributed by atoms with E-state index >= 15 is 0 Å². The molecule has 0 fully saturated rings. The molecule has 0 aliphatic heterocycles. The SMILES string of the molecule is COc1ccc(C(=O)C(C)OC(=O)/C=C/c2c(C)nn(-c3ccccc3)c2Cl)cc1. The molecule has 0 N–H and O–H groups in total. The molecule has 0 radical (unpaired) electrons. The van der Waals surface area contributed by atoms with Gasteiger partial charge in [0.25, 0.3) is 0 Å². The smallest absolute Gasteiger partial charge is 0.331 e. The van der Waals surface area contributed by atoms with Crippen LogP contribution in [0.15, 0.2) is 60.7 Å². The van der Waals surface area contributed by atoms with Gasteiger partial charge in [-0.15, -0.1) is 0 Å². The fourth-order valence-corrected chi connectivity index (χ4v) is 3.18. The molecule has 0 aliphatic rings. The Balaban J connectivity index is 1.68. The lowest BCUT2D eigenvalue weighted by Gasteiger charge is -2.11. The highest BCUT2D eigenvalue weighted by Crippen LogP contribution is 2.24. The predicted molar refractivity (Wildman–Crippen MR) is 115 cm³/mol. The fourth-order valence-electron chi connectivity index (χ4n) is 2.85. The largest absolute Gasteiger partial charge is 0.497 e. The predicted octanol–water partition coefficient (Wildman–Crippen LogP) is 4.67. The van der Waals surface area contributed by atoms with Crippen LogP contribution in [0, 0.1) is 6.92 Å². The first kappa shape index (κ1) is 21.3. The number of halogens is 1. The second-order valence-electron chi connectivity index (χ2n) is 6.54. The Morgan fingerprint density at radius 2 is 1.77 bits per heavy atom. The maximum absolute atomic E-state index is 12.4. The number of Topliss-reactive ketones (excluding diaryl/α,β-unsaturated/α-hetero) is 1. The number of carbonyl (C=O) groups excluding carboxylic acids is 2. The molecule has 7 heteroatoms. The van der Waals surface area contributed by atoms with Gasteiger partial charge in [-0.05, 0) is 56.3 Å². The monoisotopic (exact) mass is 424 g/mol. The fraction of sp³-hybridized carbons (Fsp3) is 0.174. The van der Waals surface area contributed by atoms with Crippen molar-refractivity contribution in [1.29, 1.82) is 0 Å². The minimum absolute atomic E-state index is 0.300. The van der Waals surface area contributed by atoms with Crippen LogP contribution in [-0.2, 0) is 9.53 Å². The summed E-state index contributed by atoms with van der Waals surface area (Å²) in [5, 5.41) is 4.80. The van der Waals surface area contributed by atoms with Crippen molar-refractivity contribution in [3.8, 4) is 11.4 Å². The highest BCUT2D eigenvalue weighted by atomic mass is 35.5. The number of benzene rings is 2. The van der Waals surface area contributed by atoms with Gasteiger partial charge < -0.3 is 9.47 Å². The molecule has 1 atom stereocenters. The van der Waals surface area contributed by atoms with Gasteiger partial charge in [-0.25, -0.2) is 9.48 Å². The van der Waals surface area contributed by atoms with Crippen LogP contribution < -0.4 is 4.74 Å². The number of carbonyl (C=O) groups is 2. The van der Waals surface area contributed by atoms with Crippen molar-refractivity contribution < 1.29 is 19.1 Å². The molecular weight excluding hydrogens is 404 g/mol. The molecule has 3 rings (SSSR count). The molecule has 0 amide bonds. The molecule has 3 aromatic rings. The van der Waals surface area contributed by atoms with E-state index in [-0.39, 0.29) is 5.78 Å². The normalized spacial score (nSPS) is 12.0. The van der Waals surface area contributed by atoms with Crippen molar-refractivity contribution in [2.24, 2.45) is 0 Å². The lowest BCUT2D eigenvalue weighted by atomic mass is 10.1. The Kier molecular flexibility index (Phi) is 6.69. The van der Waals surface area contributed by atoms with E-state index < -0.39 is 12.1 Å². The minimum Gasteiger partial charge on any atom is -0.497 e. The van der Waals surface area contributed by atoms with Gasteiger partial charge in [0.1, 0.15) is 10.9 Å². The van der Waals surface area contributed by atoms with E-state index in [1.165, 1.54) is 19.1 Å². The lowest BCUT2D eigenvalue weighted by Crippen LogP contribution is -2.23. The summed E-state index contributed by atoms with van der Waals surface area (Å²) < 4.78 is 11.9. The molecular formula is C23H21ClN2O4. The highest BCUT2D eigenvalue weighted by Gasteiger charge is 2.19. The molecule has 30 heavy (non-hydrogen) atoms. The van der Waals surface area contributed by atoms with Gasteiger partial charge in [-0.2, -0.15) is 5.10 Å². The summed E-state index contributed by atoms with van der Waals surface area (Å²) in [6, 6.07) is 16.0. The van der Waals surface area contributed by atoms with Gasteiger partial charge in [0.15, 0.2) is 6.10 Å². The standard InChI is InChI=1S/C23H21ClN2O4/c1-15-20(23(24)26(25-15)18-7-5-4-6-8-18)13-14-21(27)30-16(2)22(28)17-9-11-19(29-3)12-10-17/h4-14,16H,1-3H3/b14-13+. The summed E-state index contributed by atoms with van der Waals surface area (Å²) in [7, 11) is 1.55. The summed E-state index contributed by atoms with van der Waals surface area (Å²) in [5.74, 6) is -0.305. The number of rotatable bonds is 7. The van der Waals surface area contributed by atoms with Gasteiger partial charge in [-0.1, -0.05) is 29.8 Å². The van der Waals surface area contributed by atoms with E-state index in [4.69, 9.17) is 21.1 Å². The number of methoxy groups -OCH3 is 1. The zero-order valence-electron chi connectivity index (χ0n) is 16.8. The Morgan fingerprint density at radius 1 is 1.10 bits per heavy atom. The molecule has 1 aromatic heterocycles. The number of aromatic nitrogens is 2. The zero-order valence-corrected chi connectivity index (χ0v) is 17.6. The molecule has 0 saturated carbocycles. The van der Waals surface area contributed by atoms with Crippen LogP contribution in [0.2, 0.25) is 5.15 Å². The van der Waals surface area contributed by atoms with Crippen LogP contribution >= 0.6 is 11.6 Å². The van der Waals surface area contributed by atoms with E-state index in [1.54, 1.807) is 43.0 Å². The first-order valence-electron chi connectivity index (χ1n) is 9.28. The Hall–Kier alpha value is -3.38. The number of hydrogen-bond donors (Lipinski definition) is 0. The van der Waals surface area contributed by atoms with E-state index in [0.29, 0.717) is 27.7 Å². The zero-order chi connectivity index (χ0) is 21.7. The summed E-state index contributed by atoms with van der Waals surface area (Å²) in [6.07, 6.45) is 1.85. The quantitative estimate of drug-likeness (QED) is 0.313. The maximum Gasteiger partial charge on any atom is 0.331 e. The molecule has 6 nitrogen and oxygen atoms in total. The summed E-state index contributed by atoms with van der Waals surface area (Å²) in [4.78, 5) is 24.7. The first-order valence-corrected chi connectivity index (χ1v) is 9.66. The van der Waals surface area contributed by atoms with Gasteiger partial charge in [-0.3, -0.25) is 4.79 Å². The number of para-hydroxylation sites is 1. The number of ketones is 1. The van der Waals surface area contributed by atoms with Crippen molar-refractivity contribution in [2.45, 2.75) is 20.0 Å². The lowest BCUT2D eigenvalue weighted by molar-refractivity contribution is -0.140. The topological polar surface area (TPSA) is 70.4 Å². The Morgan fingerprint density at radius 3 is 2.40 bits per heavy atom. The number of hydrogen-bond acceptors (Lipinski definition) is 5. The van der Waals surface area contributed by atoms with E-state index in [1.807, 2.05) is 30.3 Å². The molecule has 0 aliphatic carbocycles. The van der Waals surface area contributed by atoms with Crippen LogP contribution in [0.1, 0.15) is 28.5 Å².